The lowest BCUT2D eigenvalue weighted by Crippen LogP contribution is -2.37. The molecule has 0 aliphatic carbocycles. The van der Waals surface area contributed by atoms with Crippen molar-refractivity contribution in [2.24, 2.45) is 0 Å². The molecule has 0 heterocycles. The van der Waals surface area contributed by atoms with Crippen molar-refractivity contribution in [3.05, 3.63) is 59.7 Å². The van der Waals surface area contributed by atoms with Crippen molar-refractivity contribution in [3.63, 3.8) is 0 Å². The summed E-state index contributed by atoms with van der Waals surface area (Å²) in [5.74, 6) is -2.18. The van der Waals surface area contributed by atoms with Gasteiger partial charge in [-0.05, 0) is 35.7 Å². The zero-order chi connectivity index (χ0) is 19.5. The Morgan fingerprint density at radius 2 is 1.73 bits per heavy atom. The maximum absolute atomic E-state index is 13.6. The van der Waals surface area contributed by atoms with Gasteiger partial charge in [0.05, 0.1) is 17.6 Å². The Bertz CT molecular complexity index is 897. The number of hydrogen-bond donors (Lipinski definition) is 1. The molecule has 26 heavy (non-hydrogen) atoms. The summed E-state index contributed by atoms with van der Waals surface area (Å²) in [5, 5.41) is 2.25. The fourth-order valence-corrected chi connectivity index (χ4v) is 3.19. The summed E-state index contributed by atoms with van der Waals surface area (Å²) in [6, 6.07) is 9.51. The van der Waals surface area contributed by atoms with Crippen LogP contribution in [0.4, 0.5) is 20.2 Å². The number of anilines is 2. The molecule has 0 spiro atoms. The topological polar surface area (TPSA) is 66.5 Å². The highest BCUT2D eigenvalue weighted by Crippen LogP contribution is 2.22. The predicted octanol–water partition coefficient (Wildman–Crippen LogP) is 3.49. The molecule has 0 aromatic heterocycles. The van der Waals surface area contributed by atoms with Crippen LogP contribution in [0.5, 0.6) is 0 Å². The smallest absolute Gasteiger partial charge is 0.245 e. The third-order valence-corrected chi connectivity index (χ3v) is 4.88. The van der Waals surface area contributed by atoms with E-state index in [2.05, 4.69) is 5.32 Å². The number of carbonyl (C=O) groups is 1. The second-order valence-electron chi connectivity index (χ2n) is 6.19. The Morgan fingerprint density at radius 3 is 2.23 bits per heavy atom. The number of nitrogens with one attached hydrogen (secondary N) is 1. The van der Waals surface area contributed by atoms with Gasteiger partial charge in [0.2, 0.25) is 15.9 Å². The lowest BCUT2D eigenvalue weighted by atomic mass is 10.0. The molecule has 0 saturated carbocycles. The van der Waals surface area contributed by atoms with Gasteiger partial charge in [0.1, 0.15) is 18.2 Å². The van der Waals surface area contributed by atoms with Gasteiger partial charge in [-0.25, -0.2) is 17.2 Å². The van der Waals surface area contributed by atoms with Gasteiger partial charge in [0.25, 0.3) is 0 Å². The second kappa shape index (κ2) is 7.82. The van der Waals surface area contributed by atoms with E-state index in [-0.39, 0.29) is 11.6 Å². The van der Waals surface area contributed by atoms with Crippen molar-refractivity contribution in [1.29, 1.82) is 0 Å². The predicted molar refractivity (Wildman–Crippen MR) is 97.7 cm³/mol. The molecule has 0 radical (unpaired) electrons. The largest absolute Gasteiger partial charge is 0.322 e. The van der Waals surface area contributed by atoms with Crippen molar-refractivity contribution in [1.82, 2.24) is 0 Å². The minimum absolute atomic E-state index is 0.222. The summed E-state index contributed by atoms with van der Waals surface area (Å²) >= 11 is 0. The van der Waals surface area contributed by atoms with Crippen LogP contribution < -0.4 is 9.62 Å². The molecule has 0 aliphatic heterocycles. The van der Waals surface area contributed by atoms with Crippen LogP contribution in [0.15, 0.2) is 42.5 Å². The molecule has 0 aliphatic rings. The molecule has 0 saturated heterocycles. The van der Waals surface area contributed by atoms with Crippen LogP contribution in [0.1, 0.15) is 25.3 Å². The maximum atomic E-state index is 13.6. The number of carbonyl (C=O) groups excluding carboxylic acids is 1. The Morgan fingerprint density at radius 1 is 1.12 bits per heavy atom. The van der Waals surface area contributed by atoms with Crippen LogP contribution in [0, 0.1) is 11.6 Å². The molecular formula is C18H20F2N2O3S. The molecule has 2 rings (SSSR count). The van der Waals surface area contributed by atoms with Crippen LogP contribution >= 0.6 is 0 Å². The van der Waals surface area contributed by atoms with E-state index in [4.69, 9.17) is 0 Å². The third kappa shape index (κ3) is 5.01. The van der Waals surface area contributed by atoms with Gasteiger partial charge >= 0.3 is 0 Å². The van der Waals surface area contributed by atoms with Crippen LogP contribution in [-0.4, -0.2) is 27.1 Å². The van der Waals surface area contributed by atoms with Crippen LogP contribution in [-0.2, 0) is 14.8 Å². The van der Waals surface area contributed by atoms with Gasteiger partial charge in [0, 0.05) is 6.07 Å². The second-order valence-corrected chi connectivity index (χ2v) is 8.10. The Hall–Kier alpha value is -2.48. The summed E-state index contributed by atoms with van der Waals surface area (Å²) < 4.78 is 51.6. The first-order chi connectivity index (χ1) is 12.1. The number of halogens is 2. The van der Waals surface area contributed by atoms with E-state index >= 15 is 0 Å². The number of rotatable bonds is 6. The summed E-state index contributed by atoms with van der Waals surface area (Å²) in [6.07, 6.45) is 0.981. The Kier molecular flexibility index (Phi) is 5.97. The van der Waals surface area contributed by atoms with Crippen molar-refractivity contribution >= 4 is 27.3 Å². The molecule has 5 nitrogen and oxygen atoms in total. The van der Waals surface area contributed by atoms with E-state index in [1.54, 1.807) is 24.3 Å². The number of amides is 1. The van der Waals surface area contributed by atoms with Crippen molar-refractivity contribution in [2.75, 3.05) is 22.4 Å². The molecule has 2 aromatic carbocycles. The van der Waals surface area contributed by atoms with Crippen LogP contribution in [0.3, 0.4) is 0 Å². The van der Waals surface area contributed by atoms with Crippen molar-refractivity contribution < 1.29 is 22.0 Å². The van der Waals surface area contributed by atoms with E-state index < -0.39 is 34.1 Å². The minimum Gasteiger partial charge on any atom is -0.322 e. The van der Waals surface area contributed by atoms with Crippen molar-refractivity contribution in [3.8, 4) is 0 Å². The highest BCUT2D eigenvalue weighted by Gasteiger charge is 2.21. The lowest BCUT2D eigenvalue weighted by Gasteiger charge is -2.22. The van der Waals surface area contributed by atoms with E-state index in [1.165, 1.54) is 0 Å². The average Bonchev–Trinajstić information content (AvgIpc) is 2.54. The van der Waals surface area contributed by atoms with Crippen LogP contribution in [0.2, 0.25) is 0 Å². The van der Waals surface area contributed by atoms with Gasteiger partial charge in [-0.15, -0.1) is 0 Å². The summed E-state index contributed by atoms with van der Waals surface area (Å²) in [7, 11) is -3.74. The first-order valence-corrected chi connectivity index (χ1v) is 9.75. The SMILES string of the molecule is CC(C)c1ccc(N(CC(=O)Nc2ccc(F)cc2F)S(C)(=O)=O)cc1. The summed E-state index contributed by atoms with van der Waals surface area (Å²) in [6.45, 7) is 3.48. The van der Waals surface area contributed by atoms with Gasteiger partial charge < -0.3 is 5.32 Å². The maximum Gasteiger partial charge on any atom is 0.245 e. The molecule has 0 fully saturated rings. The van der Waals surface area contributed by atoms with E-state index in [0.717, 1.165) is 28.3 Å². The molecule has 0 atom stereocenters. The first kappa shape index (κ1) is 19.8. The molecule has 1 N–H and O–H groups in total. The summed E-state index contributed by atoms with van der Waals surface area (Å²) in [5.41, 5.74) is 1.13. The Labute approximate surface area is 151 Å². The van der Waals surface area contributed by atoms with Gasteiger partial charge in [-0.3, -0.25) is 9.10 Å². The molecule has 0 bridgehead atoms. The zero-order valence-corrected chi connectivity index (χ0v) is 15.5. The lowest BCUT2D eigenvalue weighted by molar-refractivity contribution is -0.114. The highest BCUT2D eigenvalue weighted by molar-refractivity contribution is 7.92. The summed E-state index contributed by atoms with van der Waals surface area (Å²) in [4.78, 5) is 12.2. The van der Waals surface area contributed by atoms with Gasteiger partial charge in [-0.1, -0.05) is 26.0 Å². The van der Waals surface area contributed by atoms with Gasteiger partial charge in [-0.2, -0.15) is 0 Å². The molecule has 0 unspecified atom stereocenters. The Balaban J connectivity index is 2.21. The quantitative estimate of drug-likeness (QED) is 0.832. The fraction of sp³-hybridized carbons (Fsp3) is 0.278. The molecule has 8 heteroatoms. The number of nitrogens with zero attached hydrogens (tertiary/aromatic N) is 1. The van der Waals surface area contributed by atoms with Gasteiger partial charge in [0.15, 0.2) is 0 Å². The number of hydrogen-bond acceptors (Lipinski definition) is 3. The average molecular weight is 382 g/mol. The van der Waals surface area contributed by atoms with E-state index in [1.807, 2.05) is 13.8 Å². The normalized spacial score (nSPS) is 11.5. The molecule has 2 aromatic rings. The van der Waals surface area contributed by atoms with Crippen LogP contribution in [0.25, 0.3) is 0 Å². The molecule has 1 amide bonds. The number of sulfonamides is 1. The standard InChI is InChI=1S/C18H20F2N2O3S/c1-12(2)13-4-7-15(8-5-13)22(26(3,24)25)11-18(23)21-17-9-6-14(19)10-16(17)20/h4-10,12H,11H2,1-3H3,(H,21,23). The minimum atomic E-state index is -3.74. The highest BCUT2D eigenvalue weighted by atomic mass is 32.2. The third-order valence-electron chi connectivity index (χ3n) is 3.74. The fourth-order valence-electron chi connectivity index (χ4n) is 2.34. The zero-order valence-electron chi connectivity index (χ0n) is 14.7. The van der Waals surface area contributed by atoms with Crippen molar-refractivity contribution in [2.45, 2.75) is 19.8 Å². The first-order valence-electron chi connectivity index (χ1n) is 7.90. The molecular weight excluding hydrogens is 362 g/mol. The van der Waals surface area contributed by atoms with E-state index in [9.17, 15) is 22.0 Å². The number of benzene rings is 2. The monoisotopic (exact) mass is 382 g/mol. The molecule has 140 valence electrons. The van der Waals surface area contributed by atoms with E-state index in [0.29, 0.717) is 11.8 Å².